The van der Waals surface area contributed by atoms with E-state index in [1.165, 1.54) is 0 Å². The van der Waals surface area contributed by atoms with E-state index in [1.807, 2.05) is 18.5 Å². The smallest absolute Gasteiger partial charge is 0.274 e. The van der Waals surface area contributed by atoms with E-state index in [9.17, 15) is 4.79 Å². The van der Waals surface area contributed by atoms with Crippen LogP contribution in [0.1, 0.15) is 27.6 Å². The van der Waals surface area contributed by atoms with Crippen LogP contribution in [-0.4, -0.2) is 47.2 Å². The van der Waals surface area contributed by atoms with Crippen molar-refractivity contribution in [1.82, 2.24) is 34.2 Å². The Morgan fingerprint density at radius 2 is 2.08 bits per heavy atom. The van der Waals surface area contributed by atoms with Crippen molar-refractivity contribution in [2.24, 2.45) is 7.05 Å². The maximum absolute atomic E-state index is 12.6. The van der Waals surface area contributed by atoms with Crippen LogP contribution in [0, 0.1) is 13.8 Å². The van der Waals surface area contributed by atoms with E-state index >= 15 is 0 Å². The highest BCUT2D eigenvalue weighted by molar-refractivity contribution is 9.10. The van der Waals surface area contributed by atoms with E-state index in [1.54, 1.807) is 46.8 Å². The molecular weight excluding hydrogens is 422 g/mol. The summed E-state index contributed by atoms with van der Waals surface area (Å²) in [5.41, 5.74) is 3.06. The molecule has 10 heteroatoms. The van der Waals surface area contributed by atoms with Crippen LogP contribution >= 0.6 is 27.5 Å². The Kier molecular flexibility index (Phi) is 5.19. The second kappa shape index (κ2) is 7.24. The Balaban J connectivity index is 1.72. The molecule has 26 heavy (non-hydrogen) atoms. The van der Waals surface area contributed by atoms with Gasteiger partial charge < -0.3 is 4.90 Å². The summed E-state index contributed by atoms with van der Waals surface area (Å²) in [6.07, 6.45) is 3.33. The lowest BCUT2D eigenvalue weighted by molar-refractivity contribution is 0.0775. The Labute approximate surface area is 164 Å². The summed E-state index contributed by atoms with van der Waals surface area (Å²) in [5, 5.41) is 13.4. The van der Waals surface area contributed by atoms with E-state index < -0.39 is 0 Å². The van der Waals surface area contributed by atoms with Crippen LogP contribution in [0.25, 0.3) is 0 Å². The first-order valence-corrected chi connectivity index (χ1v) is 9.09. The fourth-order valence-corrected chi connectivity index (χ4v) is 3.12. The van der Waals surface area contributed by atoms with Crippen molar-refractivity contribution < 1.29 is 4.79 Å². The lowest BCUT2D eigenvalue weighted by atomic mass is 10.3. The molecule has 3 aromatic rings. The van der Waals surface area contributed by atoms with Crippen molar-refractivity contribution in [2.45, 2.75) is 27.1 Å². The van der Waals surface area contributed by atoms with Crippen LogP contribution in [0.4, 0.5) is 0 Å². The molecule has 0 fully saturated rings. The highest BCUT2D eigenvalue weighted by Crippen LogP contribution is 2.20. The van der Waals surface area contributed by atoms with Crippen molar-refractivity contribution in [3.05, 3.63) is 50.7 Å². The molecule has 0 saturated heterocycles. The zero-order valence-corrected chi connectivity index (χ0v) is 17.3. The van der Waals surface area contributed by atoms with Gasteiger partial charge in [-0.1, -0.05) is 11.6 Å². The first-order chi connectivity index (χ1) is 12.3. The summed E-state index contributed by atoms with van der Waals surface area (Å²) in [5.74, 6) is -0.185. The molecule has 0 aliphatic rings. The zero-order chi connectivity index (χ0) is 19.0. The van der Waals surface area contributed by atoms with Crippen LogP contribution < -0.4 is 0 Å². The summed E-state index contributed by atoms with van der Waals surface area (Å²) in [4.78, 5) is 14.2. The lowest BCUT2D eigenvalue weighted by Gasteiger charge is -2.16. The summed E-state index contributed by atoms with van der Waals surface area (Å²) in [7, 11) is 3.50. The van der Waals surface area contributed by atoms with Gasteiger partial charge in [-0.3, -0.25) is 14.2 Å². The van der Waals surface area contributed by atoms with Crippen molar-refractivity contribution in [2.75, 3.05) is 7.05 Å². The van der Waals surface area contributed by atoms with Gasteiger partial charge in [0.15, 0.2) is 0 Å². The third-order valence-corrected chi connectivity index (χ3v) is 5.64. The predicted octanol–water partition coefficient (Wildman–Crippen LogP) is 2.62. The summed E-state index contributed by atoms with van der Waals surface area (Å²) < 4.78 is 6.16. The van der Waals surface area contributed by atoms with Crippen LogP contribution in [0.5, 0.6) is 0 Å². The van der Waals surface area contributed by atoms with Crippen LogP contribution in [0.3, 0.4) is 0 Å². The maximum Gasteiger partial charge on any atom is 0.274 e. The van der Waals surface area contributed by atoms with Gasteiger partial charge in [0.2, 0.25) is 0 Å². The zero-order valence-electron chi connectivity index (χ0n) is 14.9. The number of carbonyl (C=O) groups is 1. The van der Waals surface area contributed by atoms with Gasteiger partial charge in [0.25, 0.3) is 5.91 Å². The molecule has 3 aromatic heterocycles. The molecule has 3 rings (SSSR count). The van der Waals surface area contributed by atoms with Gasteiger partial charge >= 0.3 is 0 Å². The molecule has 8 nitrogen and oxygen atoms in total. The molecule has 0 aliphatic carbocycles. The van der Waals surface area contributed by atoms with Gasteiger partial charge in [-0.2, -0.15) is 15.3 Å². The third kappa shape index (κ3) is 3.54. The van der Waals surface area contributed by atoms with Crippen molar-refractivity contribution in [3.63, 3.8) is 0 Å². The molecule has 0 radical (unpaired) electrons. The number of aryl methyl sites for hydroxylation is 2. The summed E-state index contributed by atoms with van der Waals surface area (Å²) in [6.45, 7) is 4.70. The highest BCUT2D eigenvalue weighted by atomic mass is 79.9. The molecule has 1 amide bonds. The lowest BCUT2D eigenvalue weighted by Crippen LogP contribution is -2.28. The average molecular weight is 441 g/mol. The van der Waals surface area contributed by atoms with E-state index in [2.05, 4.69) is 31.2 Å². The van der Waals surface area contributed by atoms with Gasteiger partial charge in [0.1, 0.15) is 12.4 Å². The Morgan fingerprint density at radius 3 is 2.65 bits per heavy atom. The van der Waals surface area contributed by atoms with Crippen molar-refractivity contribution in [3.8, 4) is 0 Å². The van der Waals surface area contributed by atoms with Crippen LogP contribution in [0.15, 0.2) is 22.9 Å². The highest BCUT2D eigenvalue weighted by Gasteiger charge is 2.18. The van der Waals surface area contributed by atoms with Crippen molar-refractivity contribution >= 4 is 33.4 Å². The number of carbonyl (C=O) groups excluding carboxylic acids is 1. The first-order valence-electron chi connectivity index (χ1n) is 7.92. The predicted molar refractivity (Wildman–Crippen MR) is 101 cm³/mol. The summed E-state index contributed by atoms with van der Waals surface area (Å²) >= 11 is 9.62. The molecular formula is C16H19BrClN7O. The van der Waals surface area contributed by atoms with Gasteiger partial charge in [-0.15, -0.1) is 0 Å². The molecule has 0 aliphatic heterocycles. The molecule has 138 valence electrons. The van der Waals surface area contributed by atoms with Gasteiger partial charge in [0, 0.05) is 20.3 Å². The molecule has 0 atom stereocenters. The van der Waals surface area contributed by atoms with Crippen LogP contribution in [0.2, 0.25) is 5.02 Å². The largest absolute Gasteiger partial charge is 0.334 e. The molecule has 0 saturated carbocycles. The maximum atomic E-state index is 12.6. The topological polar surface area (TPSA) is 73.8 Å². The second-order valence-corrected chi connectivity index (χ2v) is 7.29. The minimum Gasteiger partial charge on any atom is -0.334 e. The third-order valence-electron chi connectivity index (χ3n) is 4.18. The van der Waals surface area contributed by atoms with E-state index in [-0.39, 0.29) is 5.91 Å². The molecule has 0 N–H and O–H groups in total. The number of halogens is 2. The fourth-order valence-electron chi connectivity index (χ4n) is 2.61. The fraction of sp³-hybridized carbons (Fsp3) is 0.375. The first kappa shape index (κ1) is 18.7. The normalized spacial score (nSPS) is 11.2. The number of aromatic nitrogens is 6. The van der Waals surface area contributed by atoms with Gasteiger partial charge in [0.05, 0.1) is 39.3 Å². The second-order valence-electron chi connectivity index (χ2n) is 6.09. The molecule has 3 heterocycles. The average Bonchev–Trinajstić information content (AvgIpc) is 3.26. The minimum atomic E-state index is -0.185. The molecule has 0 aromatic carbocycles. The minimum absolute atomic E-state index is 0.185. The van der Waals surface area contributed by atoms with E-state index in [0.717, 1.165) is 21.6 Å². The Hall–Kier alpha value is -2.13. The van der Waals surface area contributed by atoms with E-state index in [0.29, 0.717) is 23.9 Å². The van der Waals surface area contributed by atoms with Gasteiger partial charge in [-0.05, 0) is 35.8 Å². The van der Waals surface area contributed by atoms with Crippen LogP contribution in [-0.2, 0) is 20.3 Å². The van der Waals surface area contributed by atoms with Crippen molar-refractivity contribution in [1.29, 1.82) is 0 Å². The Morgan fingerprint density at radius 1 is 1.35 bits per heavy atom. The molecule has 0 spiro atoms. The SMILES string of the molecule is Cc1nn(Cn2ccc(C(=O)N(C)Cc3c(Cl)cnn3C)n2)c(C)c1Br. The number of nitrogens with zero attached hydrogens (tertiary/aromatic N) is 7. The van der Waals surface area contributed by atoms with E-state index in [4.69, 9.17) is 11.6 Å². The number of rotatable bonds is 5. The number of amides is 1. The monoisotopic (exact) mass is 439 g/mol. The Bertz CT molecular complexity index is 939. The number of hydrogen-bond donors (Lipinski definition) is 0. The molecule has 0 unspecified atom stereocenters. The quantitative estimate of drug-likeness (QED) is 0.611. The standard InChI is InChI=1S/C16H19BrClN7O/c1-10-15(17)11(2)25(20-10)9-24-6-5-13(21-24)16(26)22(3)8-14-12(18)7-19-23(14)4/h5-7H,8-9H2,1-4H3. The van der Waals surface area contributed by atoms with Gasteiger partial charge in [-0.25, -0.2) is 4.68 Å². The number of hydrogen-bond acceptors (Lipinski definition) is 4. The molecule has 0 bridgehead atoms. The summed E-state index contributed by atoms with van der Waals surface area (Å²) in [6, 6.07) is 1.70.